The number of anilines is 1. The Labute approximate surface area is 172 Å². The molecule has 0 N–H and O–H groups in total. The van der Waals surface area contributed by atoms with Gasteiger partial charge >= 0.3 is 0 Å². The van der Waals surface area contributed by atoms with Crippen LogP contribution in [0.2, 0.25) is 5.02 Å². The Morgan fingerprint density at radius 1 is 1.17 bits per heavy atom. The number of hydrogen-bond acceptors (Lipinski definition) is 3. The van der Waals surface area contributed by atoms with Gasteiger partial charge in [0.05, 0.1) is 5.02 Å². The van der Waals surface area contributed by atoms with E-state index in [2.05, 4.69) is 11.9 Å². The Morgan fingerprint density at radius 3 is 2.48 bits per heavy atom. The molecule has 0 bridgehead atoms. The third-order valence-corrected chi connectivity index (χ3v) is 5.84. The minimum absolute atomic E-state index is 0.0000554. The second-order valence-corrected chi connectivity index (χ2v) is 8.25. The normalized spacial score (nSPS) is 24.6. The maximum atomic E-state index is 14.4. The molecule has 1 aliphatic carbocycles. The second-order valence-electron chi connectivity index (χ2n) is 7.81. The van der Waals surface area contributed by atoms with Crippen LogP contribution < -0.4 is 4.90 Å². The first kappa shape index (κ1) is 19.8. The molecular weight excluding hydrogens is 400 g/mol. The first-order chi connectivity index (χ1) is 13.8. The lowest BCUT2D eigenvalue weighted by Crippen LogP contribution is -2.63. The lowest BCUT2D eigenvalue weighted by atomic mass is 9.71. The number of aromatic nitrogens is 1. The molecule has 2 amide bonds. The van der Waals surface area contributed by atoms with E-state index < -0.39 is 11.9 Å². The predicted molar refractivity (Wildman–Crippen MR) is 104 cm³/mol. The van der Waals surface area contributed by atoms with Crippen molar-refractivity contribution in [3.63, 3.8) is 0 Å². The van der Waals surface area contributed by atoms with Crippen LogP contribution in [0.15, 0.2) is 36.5 Å². The number of halogens is 3. The van der Waals surface area contributed by atoms with E-state index in [4.69, 9.17) is 11.6 Å². The summed E-state index contributed by atoms with van der Waals surface area (Å²) < 4.78 is 27.6. The number of piperazine rings is 1. The molecule has 1 aromatic heterocycles. The van der Waals surface area contributed by atoms with E-state index in [-0.39, 0.29) is 47.5 Å². The van der Waals surface area contributed by atoms with Crippen LogP contribution in [0.25, 0.3) is 0 Å². The van der Waals surface area contributed by atoms with E-state index in [9.17, 15) is 18.4 Å². The van der Waals surface area contributed by atoms with Crippen molar-refractivity contribution in [1.82, 2.24) is 9.88 Å². The highest BCUT2D eigenvalue weighted by Gasteiger charge is 2.48. The molecular formula is C21H20ClF2N3O2. The smallest absolute Gasteiger partial charge is 0.251 e. The molecule has 2 aromatic rings. The van der Waals surface area contributed by atoms with Gasteiger partial charge in [-0.2, -0.15) is 0 Å². The summed E-state index contributed by atoms with van der Waals surface area (Å²) in [5, 5.41) is 0.115. The summed E-state index contributed by atoms with van der Waals surface area (Å²) in [4.78, 5) is 32.9. The van der Waals surface area contributed by atoms with Gasteiger partial charge in [0.1, 0.15) is 18.4 Å². The molecule has 0 radical (unpaired) electrons. The zero-order valence-corrected chi connectivity index (χ0v) is 16.6. The van der Waals surface area contributed by atoms with Crippen molar-refractivity contribution in [2.45, 2.75) is 32.4 Å². The van der Waals surface area contributed by atoms with E-state index in [1.54, 1.807) is 12.1 Å². The first-order valence-electron chi connectivity index (χ1n) is 9.50. The monoisotopic (exact) mass is 419 g/mol. The van der Waals surface area contributed by atoms with E-state index in [1.807, 2.05) is 0 Å². The van der Waals surface area contributed by atoms with Crippen molar-refractivity contribution >= 4 is 29.2 Å². The molecule has 1 saturated heterocycles. The average molecular weight is 420 g/mol. The second kappa shape index (κ2) is 7.71. The van der Waals surface area contributed by atoms with E-state index in [1.165, 1.54) is 23.2 Å². The van der Waals surface area contributed by atoms with Crippen molar-refractivity contribution in [2.24, 2.45) is 11.8 Å². The molecule has 29 heavy (non-hydrogen) atoms. The van der Waals surface area contributed by atoms with E-state index >= 15 is 0 Å². The Balaban J connectivity index is 1.65. The van der Waals surface area contributed by atoms with Crippen LogP contribution in [-0.2, 0) is 16.1 Å². The van der Waals surface area contributed by atoms with Gasteiger partial charge < -0.3 is 4.90 Å². The topological polar surface area (TPSA) is 53.5 Å². The summed E-state index contributed by atoms with van der Waals surface area (Å²) in [5.41, 5.74) is 0.731. The number of carbonyl (C=O) groups excluding carboxylic acids is 2. The maximum absolute atomic E-state index is 14.4. The summed E-state index contributed by atoms with van der Waals surface area (Å²) >= 11 is 5.76. The standard InChI is InChI=1S/C21H20ClF2N3O2/c1-12-6-14(7-12)19-21(29)27(20-17(24)8-15(22)9-25-20)11-18(28)26(19)10-13-2-4-16(23)5-3-13/h2-5,8-9,12,14,19H,6-7,10-11H2,1H3. The Hall–Kier alpha value is -2.54. The average Bonchev–Trinajstić information content (AvgIpc) is 2.65. The summed E-state index contributed by atoms with van der Waals surface area (Å²) in [6, 6.07) is 6.22. The van der Waals surface area contributed by atoms with Gasteiger partial charge in [0, 0.05) is 12.7 Å². The van der Waals surface area contributed by atoms with Gasteiger partial charge in [-0.05, 0) is 48.4 Å². The highest BCUT2D eigenvalue weighted by Crippen LogP contribution is 2.40. The van der Waals surface area contributed by atoms with Gasteiger partial charge in [0.15, 0.2) is 11.6 Å². The number of amides is 2. The molecule has 8 heteroatoms. The molecule has 2 heterocycles. The molecule has 1 saturated carbocycles. The molecule has 0 spiro atoms. The highest BCUT2D eigenvalue weighted by atomic mass is 35.5. The van der Waals surface area contributed by atoms with Crippen LogP contribution in [0.3, 0.4) is 0 Å². The molecule has 1 atom stereocenters. The molecule has 1 unspecified atom stereocenters. The van der Waals surface area contributed by atoms with Crippen molar-refractivity contribution in [1.29, 1.82) is 0 Å². The van der Waals surface area contributed by atoms with Crippen LogP contribution in [0, 0.1) is 23.5 Å². The summed E-state index contributed by atoms with van der Waals surface area (Å²) in [5.74, 6) is -1.48. The Kier molecular flexibility index (Phi) is 5.25. The number of benzene rings is 1. The van der Waals surface area contributed by atoms with Gasteiger partial charge in [-0.3, -0.25) is 14.5 Å². The fraction of sp³-hybridized carbons (Fsp3) is 0.381. The first-order valence-corrected chi connectivity index (χ1v) is 9.87. The zero-order valence-electron chi connectivity index (χ0n) is 15.8. The van der Waals surface area contributed by atoms with Crippen molar-refractivity contribution in [3.8, 4) is 0 Å². The third-order valence-electron chi connectivity index (χ3n) is 5.64. The van der Waals surface area contributed by atoms with Gasteiger partial charge in [-0.25, -0.2) is 13.8 Å². The van der Waals surface area contributed by atoms with Crippen LogP contribution in [0.1, 0.15) is 25.3 Å². The number of hydrogen-bond donors (Lipinski definition) is 0. The quantitative estimate of drug-likeness (QED) is 0.757. The largest absolute Gasteiger partial charge is 0.324 e. The third kappa shape index (κ3) is 3.83. The van der Waals surface area contributed by atoms with Crippen molar-refractivity contribution in [3.05, 3.63) is 58.7 Å². The molecule has 2 fully saturated rings. The Morgan fingerprint density at radius 2 is 1.86 bits per heavy atom. The fourth-order valence-corrected chi connectivity index (χ4v) is 4.33. The van der Waals surface area contributed by atoms with Gasteiger partial charge in [-0.15, -0.1) is 0 Å². The summed E-state index contributed by atoms with van der Waals surface area (Å²) in [6.45, 7) is 1.99. The number of carbonyl (C=O) groups is 2. The van der Waals surface area contributed by atoms with E-state index in [0.717, 1.165) is 29.4 Å². The van der Waals surface area contributed by atoms with Gasteiger partial charge in [0.25, 0.3) is 5.91 Å². The molecule has 1 aliphatic heterocycles. The molecule has 2 aliphatic rings. The lowest BCUT2D eigenvalue weighted by molar-refractivity contribution is -0.148. The summed E-state index contributed by atoms with van der Waals surface area (Å²) in [6.07, 6.45) is 2.88. The lowest BCUT2D eigenvalue weighted by Gasteiger charge is -2.47. The van der Waals surface area contributed by atoms with Crippen molar-refractivity contribution in [2.75, 3.05) is 11.4 Å². The molecule has 1 aromatic carbocycles. The minimum Gasteiger partial charge on any atom is -0.324 e. The summed E-state index contributed by atoms with van der Waals surface area (Å²) in [7, 11) is 0. The molecule has 4 rings (SSSR count). The Bertz CT molecular complexity index is 947. The predicted octanol–water partition coefficient (Wildman–Crippen LogP) is 3.80. The van der Waals surface area contributed by atoms with Crippen LogP contribution in [-0.4, -0.2) is 34.3 Å². The van der Waals surface area contributed by atoms with Crippen LogP contribution in [0.5, 0.6) is 0 Å². The highest BCUT2D eigenvalue weighted by molar-refractivity contribution is 6.30. The molecule has 152 valence electrons. The van der Waals surface area contributed by atoms with Gasteiger partial charge in [-0.1, -0.05) is 30.7 Å². The SMILES string of the molecule is CC1CC(C2C(=O)N(c3ncc(Cl)cc3F)CC(=O)N2Cc2ccc(F)cc2)C1. The number of pyridine rings is 1. The van der Waals surface area contributed by atoms with Gasteiger partial charge in [0.2, 0.25) is 5.91 Å². The maximum Gasteiger partial charge on any atom is 0.251 e. The number of nitrogens with zero attached hydrogens (tertiary/aromatic N) is 3. The van der Waals surface area contributed by atoms with E-state index in [0.29, 0.717) is 5.92 Å². The minimum atomic E-state index is -0.744. The number of rotatable bonds is 4. The molecule has 5 nitrogen and oxygen atoms in total. The van der Waals surface area contributed by atoms with Crippen LogP contribution in [0.4, 0.5) is 14.6 Å². The fourth-order valence-electron chi connectivity index (χ4n) is 4.19. The van der Waals surface area contributed by atoms with Crippen LogP contribution >= 0.6 is 11.6 Å². The zero-order chi connectivity index (χ0) is 20.7. The van der Waals surface area contributed by atoms with Crippen molar-refractivity contribution < 1.29 is 18.4 Å².